The van der Waals surface area contributed by atoms with Gasteiger partial charge in [0.05, 0.1) is 0 Å². The zero-order valence-corrected chi connectivity index (χ0v) is 12.9. The van der Waals surface area contributed by atoms with Crippen molar-refractivity contribution in [2.75, 3.05) is 0 Å². The van der Waals surface area contributed by atoms with Gasteiger partial charge in [0, 0.05) is 38.8 Å². The summed E-state index contributed by atoms with van der Waals surface area (Å²) < 4.78 is 0. The van der Waals surface area contributed by atoms with Gasteiger partial charge < -0.3 is 15.0 Å². The van der Waals surface area contributed by atoms with Gasteiger partial charge in [-0.25, -0.2) is 5.57 Å². The van der Waals surface area contributed by atoms with Crippen LogP contribution in [0.1, 0.15) is 37.2 Å². The number of hydrogen-bond acceptors (Lipinski definition) is 3. The van der Waals surface area contributed by atoms with Crippen molar-refractivity contribution in [1.29, 1.82) is 0 Å². The Kier molecular flexibility index (Phi) is 6.03. The van der Waals surface area contributed by atoms with Gasteiger partial charge in [0.1, 0.15) is 11.5 Å². The largest absolute Gasteiger partial charge is 0.508 e. The maximum absolute atomic E-state index is 10.2. The summed E-state index contributed by atoms with van der Waals surface area (Å²) in [5, 5.41) is 19.0. The third kappa shape index (κ3) is 3.66. The molecule has 0 bridgehead atoms. The van der Waals surface area contributed by atoms with Crippen molar-refractivity contribution in [2.45, 2.75) is 31.6 Å². The Morgan fingerprint density at radius 1 is 1.22 bits per heavy atom. The number of hydrogen-bond donors (Lipinski definition) is 2. The Bertz CT molecular complexity index is 444. The number of allylic oxidation sites excluding steroid dienone is 2. The first-order chi connectivity index (χ1) is 8.20. The van der Waals surface area contributed by atoms with Crippen LogP contribution < -0.4 is 0 Å². The maximum Gasteiger partial charge on any atom is 0.122 e. The van der Waals surface area contributed by atoms with E-state index in [4.69, 9.17) is 0 Å². The molecule has 0 amide bonds. The smallest absolute Gasteiger partial charge is 0.122 e. The molecule has 2 rings (SSSR count). The quantitative estimate of drug-likeness (QED) is 0.651. The first-order valence-corrected chi connectivity index (χ1v) is 5.78. The maximum atomic E-state index is 10.2. The van der Waals surface area contributed by atoms with Gasteiger partial charge in [-0.1, -0.05) is 31.7 Å². The molecule has 3 nitrogen and oxygen atoms in total. The van der Waals surface area contributed by atoms with Gasteiger partial charge in [-0.3, -0.25) is 0 Å². The van der Waals surface area contributed by atoms with E-state index in [1.54, 1.807) is 12.1 Å². The van der Waals surface area contributed by atoms with Crippen molar-refractivity contribution in [3.8, 4) is 11.5 Å². The summed E-state index contributed by atoms with van der Waals surface area (Å²) in [6.07, 6.45) is 6.93. The average Bonchev–Trinajstić information content (AvgIpc) is 2.31. The van der Waals surface area contributed by atoms with Crippen molar-refractivity contribution in [3.05, 3.63) is 35.4 Å². The Morgan fingerprint density at radius 3 is 2.44 bits per heavy atom. The van der Waals surface area contributed by atoms with Crippen LogP contribution in [0, 0.1) is 0 Å². The molecule has 1 radical (unpaired) electrons. The predicted molar refractivity (Wildman–Crippen MR) is 64.8 cm³/mol. The molecule has 93 valence electrons. The number of carbonyl (C=O) groups excluding carboxylic acids is 1. The van der Waals surface area contributed by atoms with Gasteiger partial charge in [0.15, 0.2) is 0 Å². The minimum absolute atomic E-state index is 0. The van der Waals surface area contributed by atoms with Gasteiger partial charge >= 0.3 is 0 Å². The van der Waals surface area contributed by atoms with E-state index >= 15 is 0 Å². The number of aromatic hydroxyl groups is 2. The number of rotatable bonds is 2. The minimum atomic E-state index is 0. The van der Waals surface area contributed by atoms with E-state index < -0.39 is 0 Å². The van der Waals surface area contributed by atoms with E-state index in [0.717, 1.165) is 36.8 Å². The van der Waals surface area contributed by atoms with Gasteiger partial charge in [0.25, 0.3) is 0 Å². The summed E-state index contributed by atoms with van der Waals surface area (Å²) in [6.45, 7) is 0. The summed E-state index contributed by atoms with van der Waals surface area (Å²) in [5.41, 5.74) is 2.02. The summed E-state index contributed by atoms with van der Waals surface area (Å²) >= 11 is 0. The van der Waals surface area contributed by atoms with E-state index in [-0.39, 0.29) is 44.2 Å². The van der Waals surface area contributed by atoms with Crippen LogP contribution in [0.3, 0.4) is 0 Å². The van der Waals surface area contributed by atoms with Gasteiger partial charge in [-0.05, 0) is 23.8 Å². The molecule has 4 heteroatoms. The first-order valence-electron chi connectivity index (χ1n) is 5.78. The van der Waals surface area contributed by atoms with Crippen molar-refractivity contribution in [1.82, 2.24) is 0 Å². The SMILES string of the molecule is O=[C-]C=C1CCC(c2ccc(O)cc2O)CC1.[Y]. The molecule has 1 fully saturated rings. The topological polar surface area (TPSA) is 57.5 Å². The molecular weight excluding hydrogens is 305 g/mol. The molecule has 1 aliphatic rings. The van der Waals surface area contributed by atoms with Crippen molar-refractivity contribution in [3.63, 3.8) is 0 Å². The monoisotopic (exact) mass is 320 g/mol. The molecule has 2 N–H and O–H groups in total. The summed E-state index contributed by atoms with van der Waals surface area (Å²) in [7, 11) is 0. The Balaban J connectivity index is 0.00000162. The predicted octanol–water partition coefficient (Wildman–Crippen LogP) is 2.79. The number of phenols is 2. The molecule has 1 aromatic rings. The zero-order chi connectivity index (χ0) is 12.3. The van der Waals surface area contributed by atoms with Crippen LogP contribution in [0.5, 0.6) is 11.5 Å². The number of phenolic OH excluding ortho intramolecular Hbond substituents is 2. The van der Waals surface area contributed by atoms with Crippen LogP contribution in [0.15, 0.2) is 29.8 Å². The standard InChI is InChI=1S/C14H15O3.Y/c15-8-7-10-1-3-11(4-2-10)13-6-5-12(16)9-14(13)17;/h5-7,9,11,16-17H,1-4H2;/q-1;. The first kappa shape index (κ1) is 15.4. The summed E-state index contributed by atoms with van der Waals surface area (Å²) in [4.78, 5) is 10.2. The molecule has 0 aromatic heterocycles. The summed E-state index contributed by atoms with van der Waals surface area (Å²) in [5.74, 6) is 0.544. The van der Waals surface area contributed by atoms with Gasteiger partial charge in [0.2, 0.25) is 0 Å². The number of benzene rings is 1. The van der Waals surface area contributed by atoms with Crippen LogP contribution >= 0.6 is 0 Å². The molecule has 1 aromatic carbocycles. The minimum Gasteiger partial charge on any atom is -0.508 e. The van der Waals surface area contributed by atoms with Crippen molar-refractivity contribution >= 4 is 6.29 Å². The van der Waals surface area contributed by atoms with Crippen LogP contribution in [0.25, 0.3) is 0 Å². The second-order valence-corrected chi connectivity index (χ2v) is 4.44. The van der Waals surface area contributed by atoms with Gasteiger partial charge in [-0.15, -0.1) is 0 Å². The molecule has 0 heterocycles. The normalized spacial score (nSPS) is 18.9. The molecule has 0 atom stereocenters. The third-order valence-corrected chi connectivity index (χ3v) is 3.34. The molecule has 0 unspecified atom stereocenters. The molecular formula is C14H15O3Y-. The van der Waals surface area contributed by atoms with Crippen LogP contribution in [0.4, 0.5) is 0 Å². The fourth-order valence-electron chi connectivity index (χ4n) is 2.40. The Morgan fingerprint density at radius 2 is 1.89 bits per heavy atom. The molecule has 1 saturated carbocycles. The van der Waals surface area contributed by atoms with Crippen LogP contribution in [-0.4, -0.2) is 16.5 Å². The second-order valence-electron chi connectivity index (χ2n) is 4.44. The molecule has 0 spiro atoms. The molecule has 18 heavy (non-hydrogen) atoms. The molecule has 1 aliphatic carbocycles. The van der Waals surface area contributed by atoms with Crippen molar-refractivity contribution < 1.29 is 47.7 Å². The van der Waals surface area contributed by atoms with E-state index in [0.29, 0.717) is 5.92 Å². The van der Waals surface area contributed by atoms with E-state index in [1.807, 2.05) is 6.29 Å². The fraction of sp³-hybridized carbons (Fsp3) is 0.357. The average molecular weight is 320 g/mol. The van der Waals surface area contributed by atoms with E-state index in [1.165, 1.54) is 12.1 Å². The third-order valence-electron chi connectivity index (χ3n) is 3.34. The van der Waals surface area contributed by atoms with Crippen LogP contribution in [-0.2, 0) is 37.5 Å². The zero-order valence-electron chi connectivity index (χ0n) is 10.1. The van der Waals surface area contributed by atoms with Crippen LogP contribution in [0.2, 0.25) is 0 Å². The Hall–Kier alpha value is -0.666. The molecule has 0 aliphatic heterocycles. The Labute approximate surface area is 132 Å². The second kappa shape index (κ2) is 7.05. The molecule has 0 saturated heterocycles. The fourth-order valence-corrected chi connectivity index (χ4v) is 2.40. The van der Waals surface area contributed by atoms with E-state index in [9.17, 15) is 15.0 Å². The van der Waals surface area contributed by atoms with Crippen molar-refractivity contribution in [2.24, 2.45) is 0 Å². The van der Waals surface area contributed by atoms with E-state index in [2.05, 4.69) is 0 Å². The summed E-state index contributed by atoms with van der Waals surface area (Å²) in [6, 6.07) is 4.75. The van der Waals surface area contributed by atoms with Gasteiger partial charge in [-0.2, -0.15) is 6.08 Å².